The third kappa shape index (κ3) is 3.07. The Bertz CT molecular complexity index is 423. The van der Waals surface area contributed by atoms with Gasteiger partial charge in [0.2, 0.25) is 0 Å². The molecule has 0 aromatic rings. The second kappa shape index (κ2) is 6.36. The van der Waals surface area contributed by atoms with E-state index in [9.17, 15) is 0 Å². The molecule has 0 amide bonds. The Balaban J connectivity index is 1.85. The van der Waals surface area contributed by atoms with Gasteiger partial charge in [-0.15, -0.1) is 0 Å². The molecule has 1 aliphatic heterocycles. The number of hydrogen-bond donors (Lipinski definition) is 1. The van der Waals surface area contributed by atoms with Gasteiger partial charge in [-0.25, -0.2) is 0 Å². The van der Waals surface area contributed by atoms with Gasteiger partial charge in [-0.05, 0) is 36.8 Å². The van der Waals surface area contributed by atoms with Crippen LogP contribution in [0.3, 0.4) is 0 Å². The zero-order valence-electron chi connectivity index (χ0n) is 11.6. The van der Waals surface area contributed by atoms with Crippen molar-refractivity contribution in [3.63, 3.8) is 0 Å². The van der Waals surface area contributed by atoms with Gasteiger partial charge < -0.3 is 5.32 Å². The summed E-state index contributed by atoms with van der Waals surface area (Å²) in [6.45, 7) is 4.57. The zero-order chi connectivity index (χ0) is 12.9. The smallest absolute Gasteiger partial charge is 0.0562 e. The third-order valence-corrected chi connectivity index (χ3v) is 4.25. The van der Waals surface area contributed by atoms with E-state index < -0.39 is 0 Å². The highest BCUT2D eigenvalue weighted by molar-refractivity contribution is 5.38. The van der Waals surface area contributed by atoms with Gasteiger partial charge in [0.15, 0.2) is 0 Å². The summed E-state index contributed by atoms with van der Waals surface area (Å²) in [5.74, 6) is 0. The molecule has 2 aliphatic carbocycles. The van der Waals surface area contributed by atoms with Crippen molar-refractivity contribution < 1.29 is 0 Å². The average Bonchev–Trinajstić information content (AvgIpc) is 2.51. The molecule has 2 heteroatoms. The van der Waals surface area contributed by atoms with Gasteiger partial charge in [-0.3, -0.25) is 4.90 Å². The molecule has 0 aromatic carbocycles. The van der Waals surface area contributed by atoms with E-state index in [4.69, 9.17) is 0 Å². The molecular weight excluding hydrogens is 232 g/mol. The van der Waals surface area contributed by atoms with Gasteiger partial charge in [0.05, 0.1) is 6.04 Å². The van der Waals surface area contributed by atoms with Gasteiger partial charge in [-0.1, -0.05) is 36.5 Å². The van der Waals surface area contributed by atoms with E-state index in [1.807, 2.05) is 0 Å². The fourth-order valence-corrected chi connectivity index (χ4v) is 3.29. The van der Waals surface area contributed by atoms with E-state index >= 15 is 0 Å². The first kappa shape index (κ1) is 12.9. The number of nitrogens with zero attached hydrogens (tertiary/aromatic N) is 1. The predicted octanol–water partition coefficient (Wildman–Crippen LogP) is 2.81. The number of rotatable bonds is 3. The van der Waals surface area contributed by atoms with E-state index in [-0.39, 0.29) is 0 Å². The molecule has 102 valence electrons. The minimum absolute atomic E-state index is 0.517. The molecule has 0 aromatic heterocycles. The van der Waals surface area contributed by atoms with Gasteiger partial charge in [0.1, 0.15) is 0 Å². The van der Waals surface area contributed by atoms with E-state index in [1.165, 1.54) is 31.3 Å². The van der Waals surface area contributed by atoms with Crippen molar-refractivity contribution in [1.29, 1.82) is 0 Å². The minimum Gasteiger partial charge on any atom is -0.314 e. The van der Waals surface area contributed by atoms with Gasteiger partial charge in [0.25, 0.3) is 0 Å². The summed E-state index contributed by atoms with van der Waals surface area (Å²) in [6.07, 6.45) is 18.8. The first-order valence-electron chi connectivity index (χ1n) is 7.62. The molecule has 0 saturated carbocycles. The Morgan fingerprint density at radius 1 is 1.05 bits per heavy atom. The molecule has 0 radical (unpaired) electrons. The summed E-state index contributed by atoms with van der Waals surface area (Å²) in [7, 11) is 0. The van der Waals surface area contributed by atoms with Crippen LogP contribution in [0.2, 0.25) is 0 Å². The summed E-state index contributed by atoms with van der Waals surface area (Å²) in [5.41, 5.74) is 3.12. The van der Waals surface area contributed by atoms with Gasteiger partial charge in [-0.2, -0.15) is 0 Å². The summed E-state index contributed by atoms with van der Waals surface area (Å²) in [6, 6.07) is 0.517. The van der Waals surface area contributed by atoms with E-state index in [0.717, 1.165) is 26.2 Å². The monoisotopic (exact) mass is 256 g/mol. The van der Waals surface area contributed by atoms with Crippen LogP contribution in [-0.2, 0) is 0 Å². The van der Waals surface area contributed by atoms with E-state index in [0.29, 0.717) is 6.04 Å². The Kier molecular flexibility index (Phi) is 4.31. The lowest BCUT2D eigenvalue weighted by Gasteiger charge is -2.38. The molecule has 1 heterocycles. The normalized spacial score (nSPS) is 25.9. The number of allylic oxidation sites excluding steroid dienone is 5. The Morgan fingerprint density at radius 2 is 1.95 bits per heavy atom. The maximum absolute atomic E-state index is 3.46. The SMILES string of the molecule is C1=CCCC(C(C2=CCCC=C2)N2CCNCC2)=C1. The molecule has 1 N–H and O–H groups in total. The molecule has 0 bridgehead atoms. The fourth-order valence-electron chi connectivity index (χ4n) is 3.29. The lowest BCUT2D eigenvalue weighted by atomic mass is 9.88. The zero-order valence-corrected chi connectivity index (χ0v) is 11.6. The van der Waals surface area contributed by atoms with Crippen molar-refractivity contribution >= 4 is 0 Å². The van der Waals surface area contributed by atoms with Crippen LogP contribution in [0.5, 0.6) is 0 Å². The molecule has 3 rings (SSSR count). The fraction of sp³-hybridized carbons (Fsp3) is 0.529. The number of hydrogen-bond acceptors (Lipinski definition) is 2. The largest absolute Gasteiger partial charge is 0.314 e. The molecule has 2 nitrogen and oxygen atoms in total. The summed E-state index contributed by atoms with van der Waals surface area (Å²) in [4.78, 5) is 2.66. The van der Waals surface area contributed by atoms with Gasteiger partial charge >= 0.3 is 0 Å². The molecule has 1 fully saturated rings. The molecule has 1 unspecified atom stereocenters. The Morgan fingerprint density at radius 3 is 2.63 bits per heavy atom. The molecule has 0 spiro atoms. The Hall–Kier alpha value is -1.12. The van der Waals surface area contributed by atoms with Gasteiger partial charge in [0, 0.05) is 26.2 Å². The highest BCUT2D eigenvalue weighted by Crippen LogP contribution is 2.28. The van der Waals surface area contributed by atoms with Crippen LogP contribution in [0.4, 0.5) is 0 Å². The second-order valence-electron chi connectivity index (χ2n) is 5.58. The van der Waals surface area contributed by atoms with Crippen molar-refractivity contribution in [2.24, 2.45) is 0 Å². The van der Waals surface area contributed by atoms with E-state index in [1.54, 1.807) is 5.57 Å². The number of nitrogens with one attached hydrogen (secondary N) is 1. The molecule has 3 aliphatic rings. The van der Waals surface area contributed by atoms with Crippen LogP contribution in [-0.4, -0.2) is 37.1 Å². The van der Waals surface area contributed by atoms with Crippen LogP contribution in [0.15, 0.2) is 47.6 Å². The topological polar surface area (TPSA) is 15.3 Å². The summed E-state index contributed by atoms with van der Waals surface area (Å²) < 4.78 is 0. The van der Waals surface area contributed by atoms with Crippen LogP contribution in [0, 0.1) is 0 Å². The van der Waals surface area contributed by atoms with Crippen molar-refractivity contribution in [3.8, 4) is 0 Å². The van der Waals surface area contributed by atoms with E-state index in [2.05, 4.69) is 46.7 Å². The molecular formula is C17H24N2. The van der Waals surface area contributed by atoms with Crippen LogP contribution < -0.4 is 5.32 Å². The second-order valence-corrected chi connectivity index (χ2v) is 5.58. The first-order valence-corrected chi connectivity index (χ1v) is 7.62. The highest BCUT2D eigenvalue weighted by Gasteiger charge is 2.26. The molecule has 1 saturated heterocycles. The molecule has 1 atom stereocenters. The predicted molar refractivity (Wildman–Crippen MR) is 81.1 cm³/mol. The lowest BCUT2D eigenvalue weighted by molar-refractivity contribution is 0.213. The van der Waals surface area contributed by atoms with Crippen LogP contribution in [0.1, 0.15) is 25.7 Å². The van der Waals surface area contributed by atoms with Crippen LogP contribution >= 0.6 is 0 Å². The Labute approximate surface area is 116 Å². The summed E-state index contributed by atoms with van der Waals surface area (Å²) >= 11 is 0. The maximum atomic E-state index is 3.46. The number of piperazine rings is 1. The molecule has 19 heavy (non-hydrogen) atoms. The first-order chi connectivity index (χ1) is 9.45. The minimum atomic E-state index is 0.517. The van der Waals surface area contributed by atoms with Crippen LogP contribution in [0.25, 0.3) is 0 Å². The van der Waals surface area contributed by atoms with Crippen molar-refractivity contribution in [1.82, 2.24) is 10.2 Å². The summed E-state index contributed by atoms with van der Waals surface area (Å²) in [5, 5.41) is 3.46. The van der Waals surface area contributed by atoms with Crippen molar-refractivity contribution in [3.05, 3.63) is 47.6 Å². The highest BCUT2D eigenvalue weighted by atomic mass is 15.2. The standard InChI is InChI=1S/C17H24N2/c1-3-7-15(8-4-1)17(16-9-5-2-6-10-16)19-13-11-18-12-14-19/h1,3,5,7,9-10,17-18H,2,4,6,8,11-14H2. The quantitative estimate of drug-likeness (QED) is 0.835. The lowest BCUT2D eigenvalue weighted by Crippen LogP contribution is -2.49. The third-order valence-electron chi connectivity index (χ3n) is 4.25. The van der Waals surface area contributed by atoms with Crippen molar-refractivity contribution in [2.75, 3.05) is 26.2 Å². The van der Waals surface area contributed by atoms with Crippen molar-refractivity contribution in [2.45, 2.75) is 31.7 Å². The maximum Gasteiger partial charge on any atom is 0.0562 e. The average molecular weight is 256 g/mol.